The van der Waals surface area contributed by atoms with Crippen molar-refractivity contribution in [2.75, 3.05) is 0 Å². The second kappa shape index (κ2) is 15.4. The highest BCUT2D eigenvalue weighted by molar-refractivity contribution is 6.17. The molecule has 7 nitrogen and oxygen atoms in total. The van der Waals surface area contributed by atoms with Gasteiger partial charge in [0.15, 0.2) is 6.17 Å². The van der Waals surface area contributed by atoms with Crippen molar-refractivity contribution < 1.29 is 0 Å². The Morgan fingerprint density at radius 2 is 0.892 bits per heavy atom. The molecule has 0 fully saturated rings. The smallest absolute Gasteiger partial charge is 0.235 e. The molecule has 312 valence electrons. The Labute approximate surface area is 375 Å². The third-order valence-corrected chi connectivity index (χ3v) is 12.8. The maximum atomic E-state index is 5.57. The molecule has 1 N–H and O–H groups in total. The molecule has 5 heterocycles. The number of para-hydroxylation sites is 6. The van der Waals surface area contributed by atoms with Gasteiger partial charge in [0.25, 0.3) is 0 Å². The summed E-state index contributed by atoms with van der Waals surface area (Å²) in [6.45, 7) is 6.12. The van der Waals surface area contributed by atoms with Crippen LogP contribution in [0.3, 0.4) is 0 Å². The molecule has 1 aliphatic heterocycles. The molecule has 13 rings (SSSR count). The molecule has 0 saturated carbocycles. The van der Waals surface area contributed by atoms with Gasteiger partial charge in [0.05, 0.1) is 44.0 Å². The van der Waals surface area contributed by atoms with Gasteiger partial charge in [-0.2, -0.15) is 4.99 Å². The molecule has 0 spiro atoms. The van der Waals surface area contributed by atoms with E-state index >= 15 is 0 Å². The van der Waals surface area contributed by atoms with E-state index in [-0.39, 0.29) is 0 Å². The van der Waals surface area contributed by atoms with E-state index in [1.54, 1.807) is 0 Å². The topological polar surface area (TPSA) is 56.5 Å². The van der Waals surface area contributed by atoms with E-state index in [0.29, 0.717) is 11.9 Å². The Kier molecular flexibility index (Phi) is 9.09. The van der Waals surface area contributed by atoms with Gasteiger partial charge < -0.3 is 14.5 Å². The van der Waals surface area contributed by atoms with Crippen LogP contribution in [0.4, 0.5) is 0 Å². The minimum absolute atomic E-state index is 0.418. The number of hydrogen-bond donors (Lipinski definition) is 1. The maximum absolute atomic E-state index is 5.57. The Bertz CT molecular complexity index is 3920. The quantitative estimate of drug-likeness (QED) is 0.189. The van der Waals surface area contributed by atoms with Crippen molar-refractivity contribution in [2.45, 2.75) is 26.9 Å². The molecular formula is C58H45N7. The number of fused-ring (bicyclic) bond motifs is 10. The highest BCUT2D eigenvalue weighted by Crippen LogP contribution is 2.36. The SMILES string of the molecule is C/C=c1\c(=C/n2c3ccccc3c3ccccc32)n(C2=NC(n3c4ccccc4c4cc(-n5c6ccccc6c6ccccc65)ccc43)=NC(c3ccccc3)N2)c2ccccc12.CC. The summed E-state index contributed by atoms with van der Waals surface area (Å²) < 4.78 is 9.24. The molecule has 0 radical (unpaired) electrons. The van der Waals surface area contributed by atoms with E-state index in [2.05, 4.69) is 237 Å². The van der Waals surface area contributed by atoms with Gasteiger partial charge in [-0.3, -0.25) is 9.13 Å². The zero-order valence-electron chi connectivity index (χ0n) is 36.4. The van der Waals surface area contributed by atoms with E-state index in [4.69, 9.17) is 9.98 Å². The summed E-state index contributed by atoms with van der Waals surface area (Å²) in [5.41, 5.74) is 9.93. The first kappa shape index (κ1) is 38.3. The fourth-order valence-electron chi connectivity index (χ4n) is 10.1. The van der Waals surface area contributed by atoms with Gasteiger partial charge in [-0.1, -0.05) is 159 Å². The van der Waals surface area contributed by atoms with Crippen LogP contribution < -0.4 is 15.9 Å². The molecule has 0 amide bonds. The normalized spacial score (nSPS) is 14.7. The molecule has 8 aromatic carbocycles. The first-order valence-electron chi connectivity index (χ1n) is 22.5. The predicted molar refractivity (Wildman–Crippen MR) is 274 cm³/mol. The van der Waals surface area contributed by atoms with Crippen molar-refractivity contribution in [3.8, 4) is 5.69 Å². The third-order valence-electron chi connectivity index (χ3n) is 12.8. The summed E-state index contributed by atoms with van der Waals surface area (Å²) in [4.78, 5) is 11.0. The lowest BCUT2D eigenvalue weighted by Gasteiger charge is -2.25. The highest BCUT2D eigenvalue weighted by Gasteiger charge is 2.26. The van der Waals surface area contributed by atoms with Crippen LogP contribution in [0, 0.1) is 0 Å². The van der Waals surface area contributed by atoms with E-state index in [1.807, 2.05) is 13.8 Å². The van der Waals surface area contributed by atoms with Crippen molar-refractivity contribution in [1.82, 2.24) is 23.6 Å². The predicted octanol–water partition coefficient (Wildman–Crippen LogP) is 12.5. The number of rotatable bonds is 3. The summed E-state index contributed by atoms with van der Waals surface area (Å²) in [6, 6.07) is 69.2. The standard InChI is InChI=1S/C56H39N7.C2H6/c1-2-38-39-20-8-16-30-50(39)63(53(38)35-60-46-26-12-6-21-40(46)41-22-7-13-27-47(41)60)56-58-54(36-18-4-3-5-19-36)57-55(59-56)62-51-31-17-11-25-44(51)45-34-37(32-33-52(45)62)61-48-28-14-9-23-42(48)43-24-10-15-29-49(43)61;1-2/h2-35,54H,1H3,(H,57,58,59);1-2H3/b38-2-,53-35+;. The van der Waals surface area contributed by atoms with Crippen LogP contribution in [0.15, 0.2) is 204 Å². The van der Waals surface area contributed by atoms with Crippen LogP contribution in [0.5, 0.6) is 0 Å². The van der Waals surface area contributed by atoms with E-state index < -0.39 is 6.17 Å². The number of nitrogens with one attached hydrogen (secondary N) is 1. The maximum Gasteiger partial charge on any atom is 0.235 e. The van der Waals surface area contributed by atoms with Crippen LogP contribution in [0.1, 0.15) is 32.5 Å². The fraction of sp³-hybridized carbons (Fsp3) is 0.0690. The van der Waals surface area contributed by atoms with Gasteiger partial charge in [0, 0.05) is 54.8 Å². The van der Waals surface area contributed by atoms with Crippen LogP contribution in [0.2, 0.25) is 0 Å². The van der Waals surface area contributed by atoms with Crippen LogP contribution in [-0.2, 0) is 0 Å². The third kappa shape index (κ3) is 5.89. The van der Waals surface area contributed by atoms with Gasteiger partial charge in [-0.05, 0) is 67.1 Å². The van der Waals surface area contributed by atoms with Crippen LogP contribution >= 0.6 is 0 Å². The fourth-order valence-corrected chi connectivity index (χ4v) is 10.1. The second-order valence-corrected chi connectivity index (χ2v) is 16.2. The van der Waals surface area contributed by atoms with Crippen LogP contribution in [0.25, 0.3) is 94.3 Å². The van der Waals surface area contributed by atoms with E-state index in [9.17, 15) is 0 Å². The first-order valence-corrected chi connectivity index (χ1v) is 22.5. The lowest BCUT2D eigenvalue weighted by molar-refractivity contribution is 0.652. The summed E-state index contributed by atoms with van der Waals surface area (Å²) in [5.74, 6) is 1.30. The molecule has 7 heteroatoms. The summed E-state index contributed by atoms with van der Waals surface area (Å²) in [7, 11) is 0. The van der Waals surface area contributed by atoms with Gasteiger partial charge in [-0.25, -0.2) is 4.99 Å². The second-order valence-electron chi connectivity index (χ2n) is 16.2. The molecular weight excluding hydrogens is 795 g/mol. The molecule has 1 aliphatic rings. The Morgan fingerprint density at radius 3 is 1.46 bits per heavy atom. The summed E-state index contributed by atoms with van der Waals surface area (Å²) in [6.07, 6.45) is 4.08. The number of aromatic nitrogens is 4. The van der Waals surface area contributed by atoms with Crippen molar-refractivity contribution in [3.05, 3.63) is 210 Å². The molecule has 0 saturated heterocycles. The molecule has 65 heavy (non-hydrogen) atoms. The minimum atomic E-state index is -0.418. The van der Waals surface area contributed by atoms with Gasteiger partial charge in [-0.15, -0.1) is 0 Å². The van der Waals surface area contributed by atoms with Gasteiger partial charge >= 0.3 is 0 Å². The zero-order chi connectivity index (χ0) is 43.6. The number of nitrogens with zero attached hydrogens (tertiary/aromatic N) is 6. The average molecular weight is 840 g/mol. The molecule has 4 aromatic heterocycles. The Hall–Kier alpha value is -8.42. The molecule has 1 atom stereocenters. The first-order chi connectivity index (χ1) is 32.2. The number of benzene rings is 8. The Morgan fingerprint density at radius 1 is 0.446 bits per heavy atom. The van der Waals surface area contributed by atoms with Crippen molar-refractivity contribution in [2.24, 2.45) is 9.98 Å². The van der Waals surface area contributed by atoms with E-state index in [0.717, 1.165) is 65.6 Å². The highest BCUT2D eigenvalue weighted by atomic mass is 15.4. The van der Waals surface area contributed by atoms with Crippen molar-refractivity contribution >= 4 is 101 Å². The Balaban J connectivity index is 0.00000219. The average Bonchev–Trinajstić information content (AvgIpc) is 4.09. The minimum Gasteiger partial charge on any atom is -0.330 e. The molecule has 1 unspecified atom stereocenters. The molecule has 12 aromatic rings. The summed E-state index contributed by atoms with van der Waals surface area (Å²) in [5, 5.41) is 14.3. The van der Waals surface area contributed by atoms with Gasteiger partial charge in [0.2, 0.25) is 11.9 Å². The van der Waals surface area contributed by atoms with Crippen molar-refractivity contribution in [3.63, 3.8) is 0 Å². The zero-order valence-corrected chi connectivity index (χ0v) is 36.4. The largest absolute Gasteiger partial charge is 0.330 e. The van der Waals surface area contributed by atoms with Crippen LogP contribution in [-0.4, -0.2) is 30.2 Å². The van der Waals surface area contributed by atoms with Gasteiger partial charge in [0.1, 0.15) is 0 Å². The molecule has 0 bridgehead atoms. The number of aliphatic imine (C=N–C) groups is 2. The molecule has 0 aliphatic carbocycles. The lowest BCUT2D eigenvalue weighted by atomic mass is 10.1. The van der Waals surface area contributed by atoms with E-state index in [1.165, 1.54) is 32.6 Å². The number of hydrogen-bond acceptors (Lipinski definition) is 3. The van der Waals surface area contributed by atoms with Crippen molar-refractivity contribution in [1.29, 1.82) is 0 Å². The summed E-state index contributed by atoms with van der Waals surface area (Å²) >= 11 is 0. The monoisotopic (exact) mass is 839 g/mol. The lowest BCUT2D eigenvalue weighted by Crippen LogP contribution is -2.44.